The number of fused-ring (bicyclic) bond motifs is 16. The minimum absolute atomic E-state index is 0.411. The maximum atomic E-state index is 2.62. The lowest BCUT2D eigenvalue weighted by molar-refractivity contribution is 0.0594. The van der Waals surface area contributed by atoms with Crippen molar-refractivity contribution in [3.8, 4) is 55.6 Å². The summed E-state index contributed by atoms with van der Waals surface area (Å²) in [6, 6.07) is 193. The second-order valence-corrected chi connectivity index (χ2v) is 40.4. The van der Waals surface area contributed by atoms with Crippen LogP contribution in [0.15, 0.2) is 510 Å². The molecule has 0 aromatic heterocycles. The average Bonchev–Trinajstić information content (AvgIpc) is 1.47. The number of hydrogen-bond acceptors (Lipinski definition) is 4. The third-order valence-corrected chi connectivity index (χ3v) is 31.5. The molecule has 0 aliphatic heterocycles. The van der Waals surface area contributed by atoms with Crippen LogP contribution in [0, 0.1) is 10.8 Å². The number of para-hydroxylation sites is 4. The smallest absolute Gasteiger partial charge is 0.0642 e. The normalized spacial score (nSPS) is 16.8. The Bertz CT molecular complexity index is 8670. The first-order valence-electron chi connectivity index (χ1n) is 49.3. The molecule has 0 fully saturated rings. The Morgan fingerprint density at radius 1 is 0.157 bits per heavy atom. The van der Waals surface area contributed by atoms with Crippen LogP contribution >= 0.6 is 0 Å². The van der Waals surface area contributed by atoms with Gasteiger partial charge in [0.1, 0.15) is 0 Å². The van der Waals surface area contributed by atoms with Crippen LogP contribution in [0.3, 0.4) is 0 Å². The van der Waals surface area contributed by atoms with E-state index in [0.29, 0.717) is 0 Å². The van der Waals surface area contributed by atoms with Crippen LogP contribution in [-0.2, 0) is 21.7 Å². The summed E-state index contributed by atoms with van der Waals surface area (Å²) in [7, 11) is 0. The van der Waals surface area contributed by atoms with Gasteiger partial charge in [0.05, 0.1) is 33.6 Å². The van der Waals surface area contributed by atoms with Crippen molar-refractivity contribution in [3.05, 3.63) is 565 Å². The van der Waals surface area contributed by atoms with Crippen molar-refractivity contribution in [2.75, 3.05) is 19.6 Å². The van der Waals surface area contributed by atoms with E-state index >= 15 is 0 Å². The van der Waals surface area contributed by atoms with Crippen LogP contribution in [0.1, 0.15) is 97.2 Å². The first-order chi connectivity index (χ1) is 68.7. The molecule has 0 bridgehead atoms. The van der Waals surface area contributed by atoms with Gasteiger partial charge in [-0.25, -0.2) is 0 Å². The van der Waals surface area contributed by atoms with Crippen LogP contribution in [0.4, 0.5) is 68.2 Å². The molecule has 0 saturated heterocycles. The minimum atomic E-state index is -0.911. The molecular formula is C136H102N4. The van der Waals surface area contributed by atoms with Gasteiger partial charge in [-0.05, 0) is 277 Å². The SMILES string of the molecule is CC(C)(C)C1(C2(C(C)(C)C)c3ccccc3-c3ccc(N(c4ccccc4)c4cccc5cc(-c6ccc7c(N(c8ccccc8)c8ccc9c(c8)C(c8ccccc8)(C8(c%10ccccc%10)c%10ccccc%10-c%10ccc(N(c%11ccccc%11)c%11cccc%12ccccc%11%12)cc%108)c8ccccc8-9)cccc7c6)ccc45)cc32)c2ccccc2-c2ccc(N(c3ccccc3)c3cccc4ccccc34)cc21. The molecule has 0 spiro atoms. The van der Waals surface area contributed by atoms with Gasteiger partial charge in [-0.3, -0.25) is 0 Å². The van der Waals surface area contributed by atoms with Crippen molar-refractivity contribution in [3.63, 3.8) is 0 Å². The van der Waals surface area contributed by atoms with Gasteiger partial charge in [-0.15, -0.1) is 0 Å². The van der Waals surface area contributed by atoms with Crippen LogP contribution in [-0.4, -0.2) is 0 Å². The topological polar surface area (TPSA) is 13.0 Å². The molecule has 4 aliphatic rings. The Labute approximate surface area is 820 Å². The Morgan fingerprint density at radius 3 is 0.714 bits per heavy atom. The average molecular weight is 1790 g/mol. The number of anilines is 12. The van der Waals surface area contributed by atoms with Gasteiger partial charge in [0.15, 0.2) is 0 Å². The van der Waals surface area contributed by atoms with Gasteiger partial charge in [-0.2, -0.15) is 0 Å². The number of nitrogens with zero attached hydrogens (tertiary/aromatic N) is 4. The van der Waals surface area contributed by atoms with Crippen molar-refractivity contribution in [1.29, 1.82) is 0 Å². The summed E-state index contributed by atoms with van der Waals surface area (Å²) >= 11 is 0. The lowest BCUT2D eigenvalue weighted by atomic mass is 9.39. The van der Waals surface area contributed by atoms with Crippen molar-refractivity contribution in [1.82, 2.24) is 0 Å². The summed E-state index contributed by atoms with van der Waals surface area (Å²) in [5.41, 5.74) is 34.1. The zero-order valence-corrected chi connectivity index (χ0v) is 79.3. The second-order valence-electron chi connectivity index (χ2n) is 40.4. The number of hydrogen-bond donors (Lipinski definition) is 0. The largest absolute Gasteiger partial charge is 0.310 e. The summed E-state index contributed by atoms with van der Waals surface area (Å²) in [5, 5.41) is 9.36. The lowest BCUT2D eigenvalue weighted by Gasteiger charge is -2.62. The molecule has 4 atom stereocenters. The molecular weight excluding hydrogens is 1690 g/mol. The summed E-state index contributed by atoms with van der Waals surface area (Å²) in [5.74, 6) is 0. The molecule has 0 amide bonds. The standard InChI is InChI=1S/C136H102N4/c1-131(2,3)135(121-67-35-31-63-113(121)117-83-77-105(89-125(117)135)139(101-55-21-11-22-56-101)128-70-38-44-92-42-26-28-60-108(92)128)136(132(4,5)6)122-68-36-32-64-114(122)118-84-78-106(90-126(118)136)140(102-57-23-12-24-58-102)130-72-40-46-96-86-94(74-80-110(96)130)93-73-79-109-95(85-93)45-39-71-129(109)138(100-53-19-10-20-54-100)104-76-82-116-112-62-30-34-66-120(112)134(124(116)88-104,98-49-15-8-16-50-98)133(97-47-13-7-14-48-97)119-65-33-29-61-111(119)115-81-75-103(87-123(115)133)137(99-51-17-9-18-52-99)127-69-37-43-91-41-25-27-59-107(91)127/h7-90H,1-6H3. The molecule has 0 saturated carbocycles. The maximum Gasteiger partial charge on any atom is 0.0642 e. The Kier molecular flexibility index (Phi) is 19.4. The van der Waals surface area contributed by atoms with Gasteiger partial charge >= 0.3 is 0 Å². The fraction of sp³-hybridized carbons (Fsp3) is 0.0882. The van der Waals surface area contributed by atoms with E-state index in [2.05, 4.69) is 571 Å². The highest BCUT2D eigenvalue weighted by molar-refractivity contribution is 6.08. The van der Waals surface area contributed by atoms with Crippen LogP contribution in [0.25, 0.3) is 98.7 Å². The fourth-order valence-electron chi connectivity index (χ4n) is 26.5. The predicted octanol–water partition coefficient (Wildman–Crippen LogP) is 36.5. The Morgan fingerprint density at radius 2 is 0.393 bits per heavy atom. The summed E-state index contributed by atoms with van der Waals surface area (Å²) < 4.78 is 0. The third-order valence-electron chi connectivity index (χ3n) is 31.5. The van der Waals surface area contributed by atoms with E-state index in [9.17, 15) is 0 Å². The molecule has 140 heavy (non-hydrogen) atoms. The third kappa shape index (κ3) is 12.1. The molecule has 22 aromatic rings. The number of benzene rings is 22. The van der Waals surface area contributed by atoms with Crippen LogP contribution < -0.4 is 19.6 Å². The first-order valence-corrected chi connectivity index (χ1v) is 49.3. The maximum absolute atomic E-state index is 2.62. The summed E-state index contributed by atoms with van der Waals surface area (Å²) in [4.78, 5) is 10.0. The van der Waals surface area contributed by atoms with E-state index in [4.69, 9.17) is 0 Å². The van der Waals surface area contributed by atoms with E-state index in [-0.39, 0.29) is 0 Å². The zero-order valence-electron chi connectivity index (χ0n) is 79.3. The highest BCUT2D eigenvalue weighted by Crippen LogP contribution is 2.77. The van der Waals surface area contributed by atoms with Gasteiger partial charge in [-0.1, -0.05) is 418 Å². The lowest BCUT2D eigenvalue weighted by Crippen LogP contribution is -2.62. The van der Waals surface area contributed by atoms with E-state index in [1.54, 1.807) is 0 Å². The highest BCUT2D eigenvalue weighted by atomic mass is 15.2. The molecule has 4 heteroatoms. The second kappa shape index (κ2) is 32.4. The van der Waals surface area contributed by atoms with Crippen LogP contribution in [0.2, 0.25) is 0 Å². The Balaban J connectivity index is 0.617. The van der Waals surface area contributed by atoms with Crippen molar-refractivity contribution >= 4 is 111 Å². The summed E-state index contributed by atoms with van der Waals surface area (Å²) in [6.07, 6.45) is 0. The number of rotatable bonds is 17. The molecule has 666 valence electrons. The first kappa shape index (κ1) is 83.7. The molecule has 4 aliphatic carbocycles. The van der Waals surface area contributed by atoms with Crippen molar-refractivity contribution in [2.24, 2.45) is 10.8 Å². The highest BCUT2D eigenvalue weighted by Gasteiger charge is 2.71. The van der Waals surface area contributed by atoms with Crippen molar-refractivity contribution in [2.45, 2.75) is 63.2 Å². The molecule has 22 aromatic carbocycles. The van der Waals surface area contributed by atoms with E-state index in [0.717, 1.165) is 101 Å². The Hall–Kier alpha value is -16.9. The van der Waals surface area contributed by atoms with Gasteiger partial charge in [0, 0.05) is 77.9 Å². The molecule has 0 heterocycles. The van der Waals surface area contributed by atoms with E-state index < -0.39 is 32.5 Å². The molecule has 26 rings (SSSR count). The van der Waals surface area contributed by atoms with E-state index in [1.807, 2.05) is 0 Å². The molecule has 0 radical (unpaired) electrons. The molecule has 4 nitrogen and oxygen atoms in total. The minimum Gasteiger partial charge on any atom is -0.310 e. The van der Waals surface area contributed by atoms with Crippen LogP contribution in [0.5, 0.6) is 0 Å². The molecule has 0 N–H and O–H groups in total. The van der Waals surface area contributed by atoms with E-state index in [1.165, 1.54) is 122 Å². The van der Waals surface area contributed by atoms with Gasteiger partial charge in [0.2, 0.25) is 0 Å². The molecule has 4 unspecified atom stereocenters. The van der Waals surface area contributed by atoms with Crippen molar-refractivity contribution < 1.29 is 0 Å². The fourth-order valence-corrected chi connectivity index (χ4v) is 26.5. The summed E-state index contributed by atoms with van der Waals surface area (Å²) in [6.45, 7) is 15.2. The monoisotopic (exact) mass is 1790 g/mol. The van der Waals surface area contributed by atoms with Gasteiger partial charge in [0.25, 0.3) is 0 Å². The predicted molar refractivity (Wildman–Crippen MR) is 588 cm³/mol. The zero-order chi connectivity index (χ0) is 93.8. The quantitative estimate of drug-likeness (QED) is 0.0901. The van der Waals surface area contributed by atoms with Gasteiger partial charge < -0.3 is 19.6 Å².